The molecule has 1 aromatic rings. The van der Waals surface area contributed by atoms with E-state index in [0.717, 1.165) is 0 Å². The fraction of sp³-hybridized carbons (Fsp3) is 0.500. The van der Waals surface area contributed by atoms with Crippen LogP contribution in [0.1, 0.15) is 18.2 Å². The van der Waals surface area contributed by atoms with Crippen molar-refractivity contribution in [2.45, 2.75) is 19.0 Å². The molecule has 8 heteroatoms. The number of carboxylic acids is 1. The zero-order valence-electron chi connectivity index (χ0n) is 6.71. The molecule has 0 amide bonds. The highest BCUT2D eigenvalue weighted by atomic mass is 19.4. The second-order valence-electron chi connectivity index (χ2n) is 2.39. The van der Waals surface area contributed by atoms with E-state index in [1.54, 1.807) is 0 Å². The summed E-state index contributed by atoms with van der Waals surface area (Å²) in [5.74, 6) is -2.94. The van der Waals surface area contributed by atoms with Crippen molar-refractivity contribution in [2.24, 2.45) is 0 Å². The standard InChI is InChI=1S/C6H5F3N2O3/c7-6(8,9)5-11-10-3(14-5)1-2-4(12)13/h1-2H2,(H,12,13). The van der Waals surface area contributed by atoms with Gasteiger partial charge in [0.25, 0.3) is 0 Å². The number of alkyl halides is 3. The lowest BCUT2D eigenvalue weighted by atomic mass is 10.3. The van der Waals surface area contributed by atoms with Gasteiger partial charge in [-0.25, -0.2) is 0 Å². The largest absolute Gasteiger partial charge is 0.481 e. The van der Waals surface area contributed by atoms with Crippen LogP contribution < -0.4 is 0 Å². The van der Waals surface area contributed by atoms with Crippen molar-refractivity contribution < 1.29 is 27.5 Å². The SMILES string of the molecule is O=C(O)CCc1nnc(C(F)(F)F)o1. The lowest BCUT2D eigenvalue weighted by Crippen LogP contribution is -2.04. The summed E-state index contributed by atoms with van der Waals surface area (Å²) in [6.07, 6.45) is -5.24. The van der Waals surface area contributed by atoms with Crippen molar-refractivity contribution in [1.29, 1.82) is 0 Å². The summed E-state index contributed by atoms with van der Waals surface area (Å²) < 4.78 is 39.9. The Bertz CT molecular complexity index is 333. The topological polar surface area (TPSA) is 76.2 Å². The van der Waals surface area contributed by atoms with Crippen LogP contribution in [0.3, 0.4) is 0 Å². The molecule has 0 spiro atoms. The summed E-state index contributed by atoms with van der Waals surface area (Å²) in [5, 5.41) is 14.0. The third-order valence-electron chi connectivity index (χ3n) is 1.26. The van der Waals surface area contributed by atoms with Crippen LogP contribution in [0.25, 0.3) is 0 Å². The maximum atomic E-state index is 11.9. The van der Waals surface area contributed by atoms with Crippen LogP contribution in [0.2, 0.25) is 0 Å². The normalized spacial score (nSPS) is 11.6. The van der Waals surface area contributed by atoms with Crippen LogP contribution in [0, 0.1) is 0 Å². The van der Waals surface area contributed by atoms with E-state index in [0.29, 0.717) is 0 Å². The van der Waals surface area contributed by atoms with Gasteiger partial charge in [-0.1, -0.05) is 0 Å². The highest BCUT2D eigenvalue weighted by Gasteiger charge is 2.38. The maximum Gasteiger partial charge on any atom is 0.470 e. The van der Waals surface area contributed by atoms with E-state index in [1.165, 1.54) is 0 Å². The third kappa shape index (κ3) is 2.71. The second kappa shape index (κ2) is 3.64. The number of hydrogen-bond acceptors (Lipinski definition) is 4. The van der Waals surface area contributed by atoms with Crippen molar-refractivity contribution in [3.05, 3.63) is 11.8 Å². The predicted octanol–water partition coefficient (Wildman–Crippen LogP) is 1.11. The number of aromatic nitrogens is 2. The molecule has 1 N–H and O–H groups in total. The van der Waals surface area contributed by atoms with E-state index in [2.05, 4.69) is 14.6 Å². The number of hydrogen-bond donors (Lipinski definition) is 1. The molecule has 1 rings (SSSR count). The number of carboxylic acid groups (broad SMARTS) is 1. The van der Waals surface area contributed by atoms with E-state index in [4.69, 9.17) is 5.11 Å². The molecule has 1 heterocycles. The second-order valence-corrected chi connectivity index (χ2v) is 2.39. The molecule has 0 aliphatic carbocycles. The Labute approximate surface area is 75.5 Å². The third-order valence-corrected chi connectivity index (χ3v) is 1.26. The number of aryl methyl sites for hydroxylation is 1. The number of aliphatic carboxylic acids is 1. The molecule has 0 bridgehead atoms. The first-order chi connectivity index (χ1) is 6.39. The molecular weight excluding hydrogens is 205 g/mol. The van der Waals surface area contributed by atoms with Gasteiger partial charge in [-0.15, -0.1) is 10.2 Å². The molecule has 0 fully saturated rings. The molecule has 0 saturated carbocycles. The Morgan fingerprint density at radius 3 is 2.50 bits per heavy atom. The monoisotopic (exact) mass is 210 g/mol. The molecule has 1 aromatic heterocycles. The zero-order valence-corrected chi connectivity index (χ0v) is 6.71. The van der Waals surface area contributed by atoms with Gasteiger partial charge in [0, 0.05) is 6.42 Å². The van der Waals surface area contributed by atoms with Gasteiger partial charge < -0.3 is 9.52 Å². The van der Waals surface area contributed by atoms with E-state index < -0.39 is 18.0 Å². The minimum atomic E-state index is -4.69. The number of halogens is 3. The molecule has 14 heavy (non-hydrogen) atoms. The van der Waals surface area contributed by atoms with E-state index in [-0.39, 0.29) is 18.7 Å². The number of rotatable bonds is 3. The predicted molar refractivity (Wildman–Crippen MR) is 35.3 cm³/mol. The average molecular weight is 210 g/mol. The first kappa shape index (κ1) is 10.5. The Balaban J connectivity index is 2.64. The van der Waals surface area contributed by atoms with Crippen LogP contribution in [0.4, 0.5) is 13.2 Å². The molecule has 0 aliphatic rings. The van der Waals surface area contributed by atoms with Gasteiger partial charge in [-0.2, -0.15) is 13.2 Å². The van der Waals surface area contributed by atoms with Gasteiger partial charge in [0.05, 0.1) is 6.42 Å². The molecule has 0 aromatic carbocycles. The highest BCUT2D eigenvalue weighted by molar-refractivity contribution is 5.66. The van der Waals surface area contributed by atoms with E-state index >= 15 is 0 Å². The average Bonchev–Trinajstić information content (AvgIpc) is 2.47. The van der Waals surface area contributed by atoms with Gasteiger partial charge in [-0.3, -0.25) is 4.79 Å². The van der Waals surface area contributed by atoms with Gasteiger partial charge >= 0.3 is 18.0 Å². The maximum absolute atomic E-state index is 11.9. The Morgan fingerprint density at radius 1 is 1.43 bits per heavy atom. The van der Waals surface area contributed by atoms with Crippen LogP contribution in [0.15, 0.2) is 4.42 Å². The quantitative estimate of drug-likeness (QED) is 0.808. The van der Waals surface area contributed by atoms with Gasteiger partial charge in [-0.05, 0) is 0 Å². The zero-order chi connectivity index (χ0) is 10.8. The summed E-state index contributed by atoms with van der Waals surface area (Å²) in [6, 6.07) is 0. The first-order valence-electron chi connectivity index (χ1n) is 3.51. The smallest absolute Gasteiger partial charge is 0.470 e. The lowest BCUT2D eigenvalue weighted by molar-refractivity contribution is -0.157. The van der Waals surface area contributed by atoms with Crippen LogP contribution in [-0.4, -0.2) is 21.3 Å². The Kier molecular flexibility index (Phi) is 2.73. The molecule has 78 valence electrons. The van der Waals surface area contributed by atoms with Crippen molar-refractivity contribution in [1.82, 2.24) is 10.2 Å². The molecule has 0 aliphatic heterocycles. The van der Waals surface area contributed by atoms with Crippen LogP contribution in [-0.2, 0) is 17.4 Å². The van der Waals surface area contributed by atoms with Gasteiger partial charge in [0.2, 0.25) is 5.89 Å². The number of nitrogens with zero attached hydrogens (tertiary/aromatic N) is 2. The fourth-order valence-electron chi connectivity index (χ4n) is 0.683. The molecule has 0 unspecified atom stereocenters. The molecular formula is C6H5F3N2O3. The highest BCUT2D eigenvalue weighted by Crippen LogP contribution is 2.27. The molecule has 0 saturated heterocycles. The minimum absolute atomic E-state index is 0.210. The van der Waals surface area contributed by atoms with E-state index in [1.807, 2.05) is 0 Å². The Hall–Kier alpha value is -1.60. The first-order valence-corrected chi connectivity index (χ1v) is 3.51. The summed E-state index contributed by atoms with van der Waals surface area (Å²) in [5.41, 5.74) is 0. The van der Waals surface area contributed by atoms with Gasteiger partial charge in [0.1, 0.15) is 0 Å². The summed E-state index contributed by atoms with van der Waals surface area (Å²) >= 11 is 0. The summed E-state index contributed by atoms with van der Waals surface area (Å²) in [6.45, 7) is 0. The Morgan fingerprint density at radius 2 is 2.07 bits per heavy atom. The van der Waals surface area contributed by atoms with Crippen molar-refractivity contribution in [3.8, 4) is 0 Å². The fourth-order valence-corrected chi connectivity index (χ4v) is 0.683. The molecule has 0 atom stereocenters. The minimum Gasteiger partial charge on any atom is -0.481 e. The molecule has 0 radical (unpaired) electrons. The van der Waals surface area contributed by atoms with Crippen LogP contribution >= 0.6 is 0 Å². The molecule has 5 nitrogen and oxygen atoms in total. The summed E-state index contributed by atoms with van der Waals surface area (Å²) in [7, 11) is 0. The number of carbonyl (C=O) groups is 1. The van der Waals surface area contributed by atoms with Crippen molar-refractivity contribution >= 4 is 5.97 Å². The van der Waals surface area contributed by atoms with Crippen LogP contribution in [0.5, 0.6) is 0 Å². The lowest BCUT2D eigenvalue weighted by Gasteiger charge is -1.96. The van der Waals surface area contributed by atoms with Crippen molar-refractivity contribution in [2.75, 3.05) is 0 Å². The van der Waals surface area contributed by atoms with Crippen molar-refractivity contribution in [3.63, 3.8) is 0 Å². The summed E-state index contributed by atoms with van der Waals surface area (Å²) in [4.78, 5) is 10.1. The van der Waals surface area contributed by atoms with E-state index in [9.17, 15) is 18.0 Å². The van der Waals surface area contributed by atoms with Gasteiger partial charge in [0.15, 0.2) is 0 Å².